The van der Waals surface area contributed by atoms with E-state index in [1.165, 1.54) is 16.2 Å². The molecule has 3 N–H and O–H groups in total. The first-order chi connectivity index (χ1) is 23.2. The molecule has 4 aromatic rings. The average Bonchev–Trinajstić information content (AvgIpc) is 3.79. The van der Waals surface area contributed by atoms with Crippen molar-refractivity contribution >= 4 is 40.6 Å². The van der Waals surface area contributed by atoms with Gasteiger partial charge in [0.2, 0.25) is 0 Å². The molecule has 0 saturated carbocycles. The minimum absolute atomic E-state index is 0.0960. The number of aliphatic hydroxyl groups is 1. The van der Waals surface area contributed by atoms with Crippen LogP contribution in [0.1, 0.15) is 65.7 Å². The van der Waals surface area contributed by atoms with Gasteiger partial charge in [-0.15, -0.1) is 22.7 Å². The lowest BCUT2D eigenvalue weighted by Crippen LogP contribution is -2.48. The highest BCUT2D eigenvalue weighted by atomic mass is 32.1. The first-order valence-corrected chi connectivity index (χ1v) is 17.9. The van der Waals surface area contributed by atoms with Gasteiger partial charge in [0.1, 0.15) is 12.6 Å². The molecule has 2 heterocycles. The van der Waals surface area contributed by atoms with E-state index in [1.807, 2.05) is 66.0 Å². The molecule has 10 nitrogen and oxygen atoms in total. The van der Waals surface area contributed by atoms with Crippen LogP contribution >= 0.6 is 22.7 Å². The molecule has 0 bridgehead atoms. The summed E-state index contributed by atoms with van der Waals surface area (Å²) in [5.74, 6) is -0.0377. The Morgan fingerprint density at radius 1 is 0.938 bits per heavy atom. The molecule has 0 saturated heterocycles. The summed E-state index contributed by atoms with van der Waals surface area (Å²) in [7, 11) is 1.64. The normalized spacial score (nSPS) is 13.0. The maximum absolute atomic E-state index is 13.6. The van der Waals surface area contributed by atoms with Gasteiger partial charge in [-0.2, -0.15) is 0 Å². The van der Waals surface area contributed by atoms with Gasteiger partial charge in [0.15, 0.2) is 5.78 Å². The molecule has 256 valence electrons. The fourth-order valence-electron chi connectivity index (χ4n) is 5.33. The summed E-state index contributed by atoms with van der Waals surface area (Å²) in [5, 5.41) is 18.8. The van der Waals surface area contributed by atoms with Gasteiger partial charge >= 0.3 is 12.1 Å². The van der Waals surface area contributed by atoms with Crippen molar-refractivity contribution in [1.29, 1.82) is 0 Å². The Hall–Kier alpha value is -4.13. The molecule has 2 aromatic heterocycles. The summed E-state index contributed by atoms with van der Waals surface area (Å²) in [6, 6.07) is 18.1. The zero-order chi connectivity index (χ0) is 34.3. The molecule has 3 amide bonds. The minimum Gasteiger partial charge on any atom is -0.444 e. The highest BCUT2D eigenvalue weighted by molar-refractivity contribution is 7.09. The SMILES string of the molecule is CC(C)c1nc(CN(C)C(=O)N[C@@H](CO)C(=O)C[C@@H](CC[C@@H](Cc2ccccc2)NC(=O)OCc2cncs2)Cc2ccccc2)cs1. The number of thiazole rings is 2. The van der Waals surface area contributed by atoms with Crippen LogP contribution in [0.2, 0.25) is 0 Å². The standard InChI is InChI=1S/C36H45N5O5S2/c1-25(2)34-38-30(23-47-34)20-41(3)35(44)40-32(21-42)33(43)18-28(16-26-10-6-4-7-11-26)14-15-29(17-27-12-8-5-9-13-27)39-36(45)46-22-31-19-37-24-48-31/h4-13,19,23-25,28-29,32,42H,14-18,20-22H2,1-3H3,(H,39,45)(H,40,44)/t28-,29-,32-/m0/s1. The van der Waals surface area contributed by atoms with Crippen molar-refractivity contribution in [2.24, 2.45) is 5.92 Å². The minimum atomic E-state index is -1.04. The second-order valence-electron chi connectivity index (χ2n) is 12.3. The average molecular weight is 692 g/mol. The fraction of sp³-hybridized carbons (Fsp3) is 0.417. The van der Waals surface area contributed by atoms with E-state index in [1.54, 1.807) is 30.1 Å². The highest BCUT2D eigenvalue weighted by Gasteiger charge is 2.26. The van der Waals surface area contributed by atoms with E-state index >= 15 is 0 Å². The van der Waals surface area contributed by atoms with Crippen LogP contribution in [-0.2, 0) is 35.5 Å². The Morgan fingerprint density at radius 2 is 1.62 bits per heavy atom. The van der Waals surface area contributed by atoms with Crippen molar-refractivity contribution in [3.63, 3.8) is 0 Å². The van der Waals surface area contributed by atoms with Gasteiger partial charge in [0, 0.05) is 37.0 Å². The number of hydrogen-bond donors (Lipinski definition) is 3. The Morgan fingerprint density at radius 3 is 2.23 bits per heavy atom. The third-order valence-electron chi connectivity index (χ3n) is 7.93. The zero-order valence-electron chi connectivity index (χ0n) is 27.7. The molecular formula is C36H45N5O5S2. The molecule has 48 heavy (non-hydrogen) atoms. The lowest BCUT2D eigenvalue weighted by molar-refractivity contribution is -0.122. The van der Waals surface area contributed by atoms with Crippen LogP contribution in [0.3, 0.4) is 0 Å². The number of aliphatic hydroxyl groups excluding tert-OH is 1. The van der Waals surface area contributed by atoms with E-state index in [0.29, 0.717) is 38.1 Å². The monoisotopic (exact) mass is 691 g/mol. The van der Waals surface area contributed by atoms with Crippen molar-refractivity contribution in [3.8, 4) is 0 Å². The van der Waals surface area contributed by atoms with Crippen LogP contribution in [-0.4, -0.2) is 63.6 Å². The number of aromatic nitrogens is 2. The fourth-order valence-corrected chi connectivity index (χ4v) is 6.66. The van der Waals surface area contributed by atoms with Crippen molar-refractivity contribution in [1.82, 2.24) is 25.5 Å². The summed E-state index contributed by atoms with van der Waals surface area (Å²) >= 11 is 2.98. The van der Waals surface area contributed by atoms with Gasteiger partial charge in [0.25, 0.3) is 0 Å². The molecular weight excluding hydrogens is 647 g/mol. The molecule has 2 aromatic carbocycles. The number of ether oxygens (including phenoxy) is 1. The second kappa shape index (κ2) is 19.0. The predicted octanol–water partition coefficient (Wildman–Crippen LogP) is 6.36. The Labute approximate surface area is 290 Å². The number of urea groups is 1. The van der Waals surface area contributed by atoms with Gasteiger partial charge in [-0.1, -0.05) is 74.5 Å². The first kappa shape index (κ1) is 36.7. The maximum Gasteiger partial charge on any atom is 0.407 e. The Bertz CT molecular complexity index is 1550. The maximum atomic E-state index is 13.6. The molecule has 12 heteroatoms. The number of amides is 3. The number of carbonyl (C=O) groups excluding carboxylic acids is 3. The van der Waals surface area contributed by atoms with Crippen LogP contribution in [0.4, 0.5) is 9.59 Å². The van der Waals surface area contributed by atoms with Crippen LogP contribution in [0.15, 0.2) is 77.8 Å². The first-order valence-electron chi connectivity index (χ1n) is 16.2. The summed E-state index contributed by atoms with van der Waals surface area (Å²) in [6.07, 6.45) is 3.78. The number of nitrogens with one attached hydrogen (secondary N) is 2. The topological polar surface area (TPSA) is 134 Å². The smallest absolute Gasteiger partial charge is 0.407 e. The molecule has 0 fully saturated rings. The number of alkyl carbamates (subject to hydrolysis) is 1. The van der Waals surface area contributed by atoms with Crippen LogP contribution in [0.25, 0.3) is 0 Å². The summed E-state index contributed by atoms with van der Waals surface area (Å²) in [6.45, 7) is 4.07. The van der Waals surface area contributed by atoms with Crippen molar-refractivity contribution in [2.45, 2.75) is 77.1 Å². The largest absolute Gasteiger partial charge is 0.444 e. The molecule has 0 aliphatic heterocycles. The third kappa shape index (κ3) is 12.1. The molecule has 3 atom stereocenters. The van der Waals surface area contributed by atoms with Gasteiger partial charge in [-0.25, -0.2) is 14.6 Å². The van der Waals surface area contributed by atoms with Crippen molar-refractivity contribution in [2.75, 3.05) is 13.7 Å². The Kier molecular flexibility index (Phi) is 14.5. The Balaban J connectivity index is 1.40. The number of Topliss-reactive ketones (excluding diaryl/α,β-unsaturated/α-hetero) is 1. The zero-order valence-corrected chi connectivity index (χ0v) is 29.3. The molecule has 4 rings (SSSR count). The quantitative estimate of drug-likeness (QED) is 0.111. The van der Waals surface area contributed by atoms with Gasteiger partial charge in [-0.05, 0) is 42.7 Å². The molecule has 0 spiro atoms. The number of benzene rings is 2. The predicted molar refractivity (Wildman–Crippen MR) is 189 cm³/mol. The third-order valence-corrected chi connectivity index (χ3v) is 9.88. The molecule has 0 unspecified atom stereocenters. The molecule has 0 radical (unpaired) electrons. The van der Waals surface area contributed by atoms with Gasteiger partial charge in [-0.3, -0.25) is 9.78 Å². The van der Waals surface area contributed by atoms with E-state index in [4.69, 9.17) is 4.74 Å². The van der Waals surface area contributed by atoms with Crippen molar-refractivity contribution < 1.29 is 24.2 Å². The van der Waals surface area contributed by atoms with E-state index in [2.05, 4.69) is 34.4 Å². The van der Waals surface area contributed by atoms with Gasteiger partial charge in [0.05, 0.1) is 34.2 Å². The van der Waals surface area contributed by atoms with E-state index in [0.717, 1.165) is 26.7 Å². The summed E-state index contributed by atoms with van der Waals surface area (Å²) in [4.78, 5) is 50.4. The number of ketones is 1. The number of hydrogen-bond acceptors (Lipinski definition) is 9. The summed E-state index contributed by atoms with van der Waals surface area (Å²) < 4.78 is 5.46. The second-order valence-corrected chi connectivity index (χ2v) is 14.1. The highest BCUT2D eigenvalue weighted by Crippen LogP contribution is 2.23. The number of rotatable bonds is 18. The number of nitrogens with zero attached hydrogens (tertiary/aromatic N) is 3. The number of carbonyl (C=O) groups is 3. The lowest BCUT2D eigenvalue weighted by Gasteiger charge is -2.25. The van der Waals surface area contributed by atoms with E-state index in [9.17, 15) is 19.5 Å². The lowest BCUT2D eigenvalue weighted by atomic mass is 9.86. The molecule has 0 aliphatic carbocycles. The van der Waals surface area contributed by atoms with Gasteiger partial charge < -0.3 is 25.4 Å². The van der Waals surface area contributed by atoms with Crippen LogP contribution < -0.4 is 10.6 Å². The van der Waals surface area contributed by atoms with Crippen molar-refractivity contribution in [3.05, 3.63) is 104 Å². The molecule has 0 aliphatic rings. The van der Waals surface area contributed by atoms with E-state index in [-0.39, 0.29) is 30.8 Å². The van der Waals surface area contributed by atoms with E-state index < -0.39 is 24.8 Å². The van der Waals surface area contributed by atoms with Crippen LogP contribution in [0.5, 0.6) is 0 Å². The van der Waals surface area contributed by atoms with Crippen LogP contribution in [0, 0.1) is 5.92 Å². The summed E-state index contributed by atoms with van der Waals surface area (Å²) in [5.41, 5.74) is 4.63.